The van der Waals surface area contributed by atoms with Crippen molar-refractivity contribution in [2.75, 3.05) is 0 Å². The highest BCUT2D eigenvalue weighted by Crippen LogP contribution is 2.36. The van der Waals surface area contributed by atoms with Crippen LogP contribution in [0.5, 0.6) is 0 Å². The van der Waals surface area contributed by atoms with E-state index in [-0.39, 0.29) is 28.7 Å². The van der Waals surface area contributed by atoms with E-state index in [0.29, 0.717) is 29.6 Å². The van der Waals surface area contributed by atoms with Crippen LogP contribution in [-0.2, 0) is 22.0 Å². The van der Waals surface area contributed by atoms with Gasteiger partial charge in [-0.1, -0.05) is 73.6 Å². The predicted octanol–water partition coefficient (Wildman–Crippen LogP) is 5.91. The molecule has 4 rings (SSSR count). The normalized spacial score (nSPS) is 21.2. The summed E-state index contributed by atoms with van der Waals surface area (Å²) < 4.78 is 0. The molecule has 2 aliphatic rings. The summed E-state index contributed by atoms with van der Waals surface area (Å²) in [5.74, 6) is -0.172. The molecule has 1 amide bonds. The Bertz CT molecular complexity index is 1080. The second-order valence-corrected chi connectivity index (χ2v) is 13.6. The summed E-state index contributed by atoms with van der Waals surface area (Å²) in [4.78, 5) is 40.0. The average molecular weight is 513 g/mol. The molecule has 0 radical (unpaired) electrons. The first kappa shape index (κ1) is 26.7. The highest BCUT2D eigenvalue weighted by atomic mass is 32.1. The lowest BCUT2D eigenvalue weighted by Gasteiger charge is -2.32. The minimum atomic E-state index is -0.794. The van der Waals surface area contributed by atoms with Crippen LogP contribution < -0.4 is 5.32 Å². The number of nitrogens with zero attached hydrogens (tertiary/aromatic N) is 3. The van der Waals surface area contributed by atoms with Crippen LogP contribution in [0.2, 0.25) is 0 Å². The van der Waals surface area contributed by atoms with Gasteiger partial charge in [0.1, 0.15) is 0 Å². The number of aromatic nitrogens is 3. The van der Waals surface area contributed by atoms with Gasteiger partial charge in [0.05, 0.1) is 27.9 Å². The van der Waals surface area contributed by atoms with Crippen molar-refractivity contribution in [3.8, 4) is 10.7 Å². The molecule has 2 aromatic rings. The summed E-state index contributed by atoms with van der Waals surface area (Å²) >= 11 is 1.37. The zero-order valence-corrected chi connectivity index (χ0v) is 23.3. The molecule has 0 spiro atoms. The zero-order chi connectivity index (χ0) is 26.3. The van der Waals surface area contributed by atoms with E-state index in [4.69, 9.17) is 20.1 Å². The van der Waals surface area contributed by atoms with E-state index in [1.807, 2.05) is 0 Å². The molecule has 196 valence electrons. The Labute approximate surface area is 218 Å². The minimum absolute atomic E-state index is 0.110. The predicted molar refractivity (Wildman–Crippen MR) is 142 cm³/mol. The topological polar surface area (TPSA) is 105 Å². The maximum atomic E-state index is 13.1. The van der Waals surface area contributed by atoms with E-state index in [1.54, 1.807) is 0 Å². The van der Waals surface area contributed by atoms with Gasteiger partial charge in [-0.05, 0) is 31.2 Å². The summed E-state index contributed by atoms with van der Waals surface area (Å²) in [5.41, 5.74) is 2.60. The Balaban J connectivity index is 1.69. The minimum Gasteiger partial charge on any atom is -0.481 e. The standard InChI is InChI=1S/C28H40N4O3S/c1-27(2,3)20-15-21(28(4,5)6)32-23(31-20)22-19(12-16-10-8-7-9-11-16)30-25(36-22)24(33)29-18-13-17(14-18)26(34)35/h15-18H,7-14H2,1-6H3,(H,29,33)(H,34,35). The van der Waals surface area contributed by atoms with Gasteiger partial charge in [-0.2, -0.15) is 0 Å². The summed E-state index contributed by atoms with van der Waals surface area (Å²) in [7, 11) is 0. The van der Waals surface area contributed by atoms with Crippen LogP contribution in [0.3, 0.4) is 0 Å². The maximum absolute atomic E-state index is 13.1. The van der Waals surface area contributed by atoms with E-state index in [2.05, 4.69) is 52.9 Å². The van der Waals surface area contributed by atoms with Crippen LogP contribution in [0.4, 0.5) is 0 Å². The van der Waals surface area contributed by atoms with Crippen molar-refractivity contribution in [1.29, 1.82) is 0 Å². The molecule has 8 heteroatoms. The monoisotopic (exact) mass is 512 g/mol. The van der Waals surface area contributed by atoms with Gasteiger partial charge in [-0.15, -0.1) is 11.3 Å². The van der Waals surface area contributed by atoms with Gasteiger partial charge in [-0.25, -0.2) is 15.0 Å². The maximum Gasteiger partial charge on any atom is 0.306 e. The van der Waals surface area contributed by atoms with Gasteiger partial charge in [-0.3, -0.25) is 9.59 Å². The molecule has 2 N–H and O–H groups in total. The lowest BCUT2D eigenvalue weighted by Crippen LogP contribution is -2.46. The fourth-order valence-electron chi connectivity index (χ4n) is 4.93. The van der Waals surface area contributed by atoms with Crippen LogP contribution in [0, 0.1) is 11.8 Å². The first-order valence-electron chi connectivity index (χ1n) is 13.2. The summed E-state index contributed by atoms with van der Waals surface area (Å²) in [6, 6.07) is 2.00. The Morgan fingerprint density at radius 3 is 2.08 bits per heavy atom. The van der Waals surface area contributed by atoms with Crippen molar-refractivity contribution in [2.24, 2.45) is 11.8 Å². The first-order chi connectivity index (χ1) is 16.8. The second kappa shape index (κ2) is 10.2. The number of aliphatic carboxylic acids is 1. The van der Waals surface area contributed by atoms with Gasteiger partial charge < -0.3 is 10.4 Å². The molecule has 0 aromatic carbocycles. The number of hydrogen-bond donors (Lipinski definition) is 2. The first-order valence-corrected chi connectivity index (χ1v) is 14.1. The Morgan fingerprint density at radius 1 is 0.972 bits per heavy atom. The van der Waals surface area contributed by atoms with Crippen molar-refractivity contribution in [3.05, 3.63) is 28.2 Å². The zero-order valence-electron chi connectivity index (χ0n) is 22.5. The van der Waals surface area contributed by atoms with Crippen molar-refractivity contribution < 1.29 is 14.7 Å². The lowest BCUT2D eigenvalue weighted by molar-refractivity contribution is -0.145. The average Bonchev–Trinajstić information content (AvgIpc) is 3.18. The van der Waals surface area contributed by atoms with Crippen molar-refractivity contribution in [2.45, 2.75) is 110 Å². The number of carboxylic acids is 1. The third kappa shape index (κ3) is 6.13. The van der Waals surface area contributed by atoms with E-state index in [0.717, 1.165) is 28.4 Å². The lowest BCUT2D eigenvalue weighted by atomic mass is 9.80. The molecule has 2 aromatic heterocycles. The van der Waals surface area contributed by atoms with Crippen LogP contribution in [0.25, 0.3) is 10.7 Å². The highest BCUT2D eigenvalue weighted by molar-refractivity contribution is 7.17. The molecular weight excluding hydrogens is 472 g/mol. The molecule has 0 aliphatic heterocycles. The highest BCUT2D eigenvalue weighted by Gasteiger charge is 2.36. The number of carbonyl (C=O) groups is 2. The SMILES string of the molecule is CC(C)(C)c1cc(C(C)(C)C)nc(-c2sc(C(=O)NC3CC(C(=O)O)C3)nc2CC2CCCCC2)n1. The molecule has 0 saturated heterocycles. The Kier molecular flexibility index (Phi) is 7.56. The molecular formula is C28H40N4O3S. The van der Waals surface area contributed by atoms with Gasteiger partial charge in [0.15, 0.2) is 10.8 Å². The van der Waals surface area contributed by atoms with Gasteiger partial charge in [0, 0.05) is 16.9 Å². The number of rotatable bonds is 6. The van der Waals surface area contributed by atoms with Gasteiger partial charge >= 0.3 is 5.97 Å². The third-order valence-electron chi connectivity index (χ3n) is 7.39. The number of nitrogens with one attached hydrogen (secondary N) is 1. The number of amides is 1. The Morgan fingerprint density at radius 2 is 1.56 bits per heavy atom. The Hall–Kier alpha value is -2.35. The molecule has 2 saturated carbocycles. The fraction of sp³-hybridized carbons (Fsp3) is 0.679. The summed E-state index contributed by atoms with van der Waals surface area (Å²) in [6.45, 7) is 12.9. The van der Waals surface area contributed by atoms with E-state index >= 15 is 0 Å². The van der Waals surface area contributed by atoms with Crippen molar-refractivity contribution in [3.63, 3.8) is 0 Å². The number of carboxylic acid groups (broad SMARTS) is 1. The van der Waals surface area contributed by atoms with Crippen molar-refractivity contribution in [1.82, 2.24) is 20.3 Å². The molecule has 0 unspecified atom stereocenters. The van der Waals surface area contributed by atoms with Gasteiger partial charge in [0.25, 0.3) is 5.91 Å². The largest absolute Gasteiger partial charge is 0.481 e. The molecule has 0 bridgehead atoms. The molecule has 2 fully saturated rings. The molecule has 2 heterocycles. The summed E-state index contributed by atoms with van der Waals surface area (Å²) in [5, 5.41) is 12.5. The number of hydrogen-bond acceptors (Lipinski definition) is 6. The molecule has 2 aliphatic carbocycles. The second-order valence-electron chi connectivity index (χ2n) is 12.6. The van der Waals surface area contributed by atoms with Crippen LogP contribution >= 0.6 is 11.3 Å². The number of thiazole rings is 1. The molecule has 36 heavy (non-hydrogen) atoms. The third-order valence-corrected chi connectivity index (χ3v) is 8.48. The molecule has 7 nitrogen and oxygen atoms in total. The van der Waals surface area contributed by atoms with E-state index in [9.17, 15) is 9.59 Å². The van der Waals surface area contributed by atoms with Crippen LogP contribution in [0.1, 0.15) is 113 Å². The summed E-state index contributed by atoms with van der Waals surface area (Å²) in [6.07, 6.45) is 7.93. The van der Waals surface area contributed by atoms with Gasteiger partial charge in [0.2, 0.25) is 0 Å². The smallest absolute Gasteiger partial charge is 0.306 e. The van der Waals surface area contributed by atoms with Crippen LogP contribution in [-0.4, -0.2) is 38.0 Å². The van der Waals surface area contributed by atoms with Crippen LogP contribution in [0.15, 0.2) is 6.07 Å². The van der Waals surface area contributed by atoms with E-state index < -0.39 is 5.97 Å². The van der Waals surface area contributed by atoms with Crippen molar-refractivity contribution >= 4 is 23.2 Å². The van der Waals surface area contributed by atoms with E-state index in [1.165, 1.54) is 43.4 Å². The quantitative estimate of drug-likeness (QED) is 0.498. The molecule has 0 atom stereocenters. The number of carbonyl (C=O) groups excluding carboxylic acids is 1. The fourth-order valence-corrected chi connectivity index (χ4v) is 5.86.